The molecule has 3 nitrogen and oxygen atoms in total. The smallest absolute Gasteiger partial charge is 0.0909 e. The molecule has 14 heavy (non-hydrogen) atoms. The van der Waals surface area contributed by atoms with Crippen LogP contribution in [0.25, 0.3) is 0 Å². The van der Waals surface area contributed by atoms with Crippen LogP contribution in [-0.4, -0.2) is 5.84 Å². The summed E-state index contributed by atoms with van der Waals surface area (Å²) in [6.45, 7) is 2.99. The molecule has 1 aromatic rings. The van der Waals surface area contributed by atoms with Crippen LogP contribution in [-0.2, 0) is 13.1 Å². The molecular weight excluding hydrogens is 198 g/mol. The highest BCUT2D eigenvalue weighted by Crippen LogP contribution is 2.05. The van der Waals surface area contributed by atoms with Crippen LogP contribution >= 0.6 is 12.4 Å². The zero-order valence-electron chi connectivity index (χ0n) is 8.23. The third-order valence-corrected chi connectivity index (χ3v) is 1.74. The van der Waals surface area contributed by atoms with Gasteiger partial charge < -0.3 is 11.5 Å². The van der Waals surface area contributed by atoms with E-state index in [1.54, 1.807) is 6.92 Å². The van der Waals surface area contributed by atoms with Crippen LogP contribution in [0.3, 0.4) is 0 Å². The van der Waals surface area contributed by atoms with Crippen LogP contribution in [0.1, 0.15) is 18.1 Å². The van der Waals surface area contributed by atoms with E-state index in [2.05, 4.69) is 4.99 Å². The second-order valence-electron chi connectivity index (χ2n) is 2.98. The Labute approximate surface area is 90.6 Å². The van der Waals surface area contributed by atoms with E-state index >= 15 is 0 Å². The van der Waals surface area contributed by atoms with Crippen molar-refractivity contribution in [3.8, 4) is 0 Å². The molecule has 1 rings (SSSR count). The van der Waals surface area contributed by atoms with E-state index in [1.807, 2.05) is 24.3 Å². The Morgan fingerprint density at radius 3 is 2.57 bits per heavy atom. The highest BCUT2D eigenvalue weighted by Gasteiger charge is 1.92. The predicted octanol–water partition coefficient (Wildman–Crippen LogP) is 1.44. The summed E-state index contributed by atoms with van der Waals surface area (Å²) < 4.78 is 0. The number of nitrogens with two attached hydrogens (primary N) is 2. The molecule has 0 aliphatic heterocycles. The maximum Gasteiger partial charge on any atom is 0.0909 e. The first-order valence-corrected chi connectivity index (χ1v) is 4.27. The minimum Gasteiger partial charge on any atom is -0.388 e. The van der Waals surface area contributed by atoms with Crippen molar-refractivity contribution >= 4 is 18.2 Å². The fourth-order valence-electron chi connectivity index (χ4n) is 1.07. The molecule has 0 radical (unpaired) electrons. The number of nitrogens with zero attached hydrogens (tertiary/aromatic N) is 1. The monoisotopic (exact) mass is 213 g/mol. The molecule has 0 atom stereocenters. The normalized spacial score (nSPS) is 10.9. The lowest BCUT2D eigenvalue weighted by Gasteiger charge is -2.00. The third-order valence-electron chi connectivity index (χ3n) is 1.74. The number of hydrogen-bond donors (Lipinski definition) is 2. The van der Waals surface area contributed by atoms with Crippen molar-refractivity contribution in [2.24, 2.45) is 16.5 Å². The van der Waals surface area contributed by atoms with Gasteiger partial charge in [0.1, 0.15) is 0 Å². The van der Waals surface area contributed by atoms with Crippen molar-refractivity contribution in [1.82, 2.24) is 0 Å². The molecule has 0 amide bonds. The molecular formula is C10H16ClN3. The van der Waals surface area contributed by atoms with Gasteiger partial charge in [0.2, 0.25) is 0 Å². The van der Waals surface area contributed by atoms with Crippen molar-refractivity contribution in [1.29, 1.82) is 0 Å². The van der Waals surface area contributed by atoms with Gasteiger partial charge in [-0.1, -0.05) is 24.3 Å². The van der Waals surface area contributed by atoms with E-state index in [4.69, 9.17) is 11.5 Å². The average molecular weight is 214 g/mol. The molecule has 78 valence electrons. The number of rotatable bonds is 3. The highest BCUT2D eigenvalue weighted by atomic mass is 35.5. The molecule has 0 unspecified atom stereocenters. The maximum absolute atomic E-state index is 5.51. The highest BCUT2D eigenvalue weighted by molar-refractivity contribution is 5.85. The Kier molecular flexibility index (Phi) is 5.92. The van der Waals surface area contributed by atoms with E-state index in [1.165, 1.54) is 0 Å². The van der Waals surface area contributed by atoms with E-state index in [0.29, 0.717) is 18.9 Å². The van der Waals surface area contributed by atoms with Gasteiger partial charge in [0, 0.05) is 6.54 Å². The molecule has 1 aromatic carbocycles. The molecule has 0 bridgehead atoms. The molecule has 0 saturated carbocycles. The first-order chi connectivity index (χ1) is 6.22. The first kappa shape index (κ1) is 12.9. The Balaban J connectivity index is 0.00000169. The van der Waals surface area contributed by atoms with E-state index in [9.17, 15) is 0 Å². The number of aliphatic imine (C=N–C) groups is 1. The van der Waals surface area contributed by atoms with Gasteiger partial charge in [0.05, 0.1) is 12.4 Å². The van der Waals surface area contributed by atoms with Gasteiger partial charge in [-0.2, -0.15) is 0 Å². The Morgan fingerprint density at radius 2 is 2.00 bits per heavy atom. The molecule has 0 saturated heterocycles. The van der Waals surface area contributed by atoms with Gasteiger partial charge in [-0.25, -0.2) is 0 Å². The minimum atomic E-state index is 0. The van der Waals surface area contributed by atoms with Crippen molar-refractivity contribution in [3.63, 3.8) is 0 Å². The summed E-state index contributed by atoms with van der Waals surface area (Å²) >= 11 is 0. The van der Waals surface area contributed by atoms with Crippen LogP contribution in [0, 0.1) is 0 Å². The van der Waals surface area contributed by atoms with Gasteiger partial charge in [-0.15, -0.1) is 12.4 Å². The topological polar surface area (TPSA) is 64.4 Å². The summed E-state index contributed by atoms with van der Waals surface area (Å²) in [6, 6.07) is 8.06. The fourth-order valence-corrected chi connectivity index (χ4v) is 1.07. The van der Waals surface area contributed by atoms with Gasteiger partial charge in [-0.05, 0) is 18.1 Å². The molecule has 4 heteroatoms. The summed E-state index contributed by atoms with van der Waals surface area (Å²) in [4.78, 5) is 4.12. The van der Waals surface area contributed by atoms with E-state index < -0.39 is 0 Å². The van der Waals surface area contributed by atoms with Gasteiger partial charge in [0.15, 0.2) is 0 Å². The summed E-state index contributed by atoms with van der Waals surface area (Å²) in [5.41, 5.74) is 13.2. The van der Waals surface area contributed by atoms with Gasteiger partial charge >= 0.3 is 0 Å². The Bertz CT molecular complexity index is 306. The maximum atomic E-state index is 5.51. The van der Waals surface area contributed by atoms with Crippen LogP contribution in [0.15, 0.2) is 29.3 Å². The molecule has 0 heterocycles. The molecule has 0 aliphatic carbocycles. The van der Waals surface area contributed by atoms with Crippen molar-refractivity contribution in [3.05, 3.63) is 35.4 Å². The summed E-state index contributed by atoms with van der Waals surface area (Å²) in [7, 11) is 0. The lowest BCUT2D eigenvalue weighted by molar-refractivity contribution is 1.02. The Hall–Kier alpha value is -1.06. The lowest BCUT2D eigenvalue weighted by Crippen LogP contribution is -2.05. The molecule has 0 aliphatic rings. The standard InChI is InChI=1S/C10H15N3.ClH/c1-8(12)13-7-10-4-2-3-9(5-10)6-11;/h2-5H,6-7,11H2,1H3,(H2,12,13);1H. The Morgan fingerprint density at radius 1 is 1.36 bits per heavy atom. The molecule has 4 N–H and O–H groups in total. The summed E-state index contributed by atoms with van der Waals surface area (Å²) in [5.74, 6) is 0.609. The van der Waals surface area contributed by atoms with Crippen molar-refractivity contribution in [2.45, 2.75) is 20.0 Å². The van der Waals surface area contributed by atoms with Crippen LogP contribution in [0.2, 0.25) is 0 Å². The number of halogens is 1. The second-order valence-corrected chi connectivity index (χ2v) is 2.98. The molecule has 0 fully saturated rings. The van der Waals surface area contributed by atoms with Crippen molar-refractivity contribution < 1.29 is 0 Å². The number of benzene rings is 1. The SMILES string of the molecule is CC(N)=NCc1cccc(CN)c1.Cl. The number of amidine groups is 1. The van der Waals surface area contributed by atoms with Crippen molar-refractivity contribution in [2.75, 3.05) is 0 Å². The summed E-state index contributed by atoms with van der Waals surface area (Å²) in [6.07, 6.45) is 0. The lowest BCUT2D eigenvalue weighted by atomic mass is 10.1. The minimum absolute atomic E-state index is 0. The third kappa shape index (κ3) is 4.25. The van der Waals surface area contributed by atoms with E-state index in [0.717, 1.165) is 11.1 Å². The quantitative estimate of drug-likeness (QED) is 0.590. The zero-order chi connectivity index (χ0) is 9.68. The van der Waals surface area contributed by atoms with Gasteiger partial charge in [0.25, 0.3) is 0 Å². The van der Waals surface area contributed by atoms with Crippen LogP contribution in [0.4, 0.5) is 0 Å². The van der Waals surface area contributed by atoms with E-state index in [-0.39, 0.29) is 12.4 Å². The molecule has 0 spiro atoms. The predicted molar refractivity (Wildman–Crippen MR) is 62.6 cm³/mol. The first-order valence-electron chi connectivity index (χ1n) is 4.27. The van der Waals surface area contributed by atoms with Crippen LogP contribution in [0.5, 0.6) is 0 Å². The van der Waals surface area contributed by atoms with Crippen LogP contribution < -0.4 is 11.5 Å². The molecule has 0 aromatic heterocycles. The summed E-state index contributed by atoms with van der Waals surface area (Å²) in [5, 5.41) is 0. The van der Waals surface area contributed by atoms with Gasteiger partial charge in [-0.3, -0.25) is 4.99 Å². The fraction of sp³-hybridized carbons (Fsp3) is 0.300. The second kappa shape index (κ2) is 6.40. The average Bonchev–Trinajstić information content (AvgIpc) is 2.15. The largest absolute Gasteiger partial charge is 0.388 e. The number of hydrogen-bond acceptors (Lipinski definition) is 2. The zero-order valence-corrected chi connectivity index (χ0v) is 9.05.